The normalized spacial score (nSPS) is 26.5. The number of fused-ring (bicyclic) bond motifs is 3. The highest BCUT2D eigenvalue weighted by atomic mass is 16.5. The first-order chi connectivity index (χ1) is 37.7. The number of benzene rings is 3. The number of carbonyl (C=O) groups excluding carboxylic acids is 6. The van der Waals surface area contributed by atoms with Crippen LogP contribution in [0.2, 0.25) is 0 Å². The molecule has 11 rings (SSSR count). The van der Waals surface area contributed by atoms with Crippen molar-refractivity contribution in [2.45, 2.75) is 189 Å². The maximum absolute atomic E-state index is 13.6. The number of likely N-dealkylation sites (tertiary alicyclic amines) is 2. The third-order valence-electron chi connectivity index (χ3n) is 19.2. The number of piperidine rings is 3. The Kier molecular flexibility index (Phi) is 18.1. The van der Waals surface area contributed by atoms with E-state index < -0.39 is 16.2 Å². The van der Waals surface area contributed by atoms with Crippen molar-refractivity contribution < 1.29 is 38.2 Å². The Hall–Kier alpha value is -5.64. The lowest BCUT2D eigenvalue weighted by atomic mass is 9.80. The predicted octanol–water partition coefficient (Wildman–Crippen LogP) is 8.48. The molecule has 0 aromatic heterocycles. The molecule has 0 radical (unpaired) electrons. The summed E-state index contributed by atoms with van der Waals surface area (Å²) in [7, 11) is 4.38. The first-order valence-corrected chi connectivity index (χ1v) is 29.5. The van der Waals surface area contributed by atoms with Crippen molar-refractivity contribution in [3.63, 3.8) is 0 Å². The number of methoxy groups -OCH3 is 2. The van der Waals surface area contributed by atoms with E-state index in [4.69, 9.17) is 9.47 Å². The van der Waals surface area contributed by atoms with Gasteiger partial charge in [0, 0.05) is 86.9 Å². The van der Waals surface area contributed by atoms with Gasteiger partial charge in [0.25, 0.3) is 0 Å². The molecule has 3 saturated heterocycles. The molecule has 4 amide bonds. The van der Waals surface area contributed by atoms with Crippen LogP contribution >= 0.6 is 0 Å². The lowest BCUT2D eigenvalue weighted by molar-refractivity contribution is -0.144. The molecule has 15 nitrogen and oxygen atoms in total. The van der Waals surface area contributed by atoms with E-state index in [9.17, 15) is 28.8 Å². The third kappa shape index (κ3) is 11.4. The van der Waals surface area contributed by atoms with Gasteiger partial charge in [-0.15, -0.1) is 0 Å². The van der Waals surface area contributed by atoms with Gasteiger partial charge in [-0.25, -0.2) is 0 Å². The van der Waals surface area contributed by atoms with E-state index in [1.807, 2.05) is 102 Å². The second kappa shape index (κ2) is 24.8. The largest absolute Gasteiger partial charge is 0.469 e. The number of amides is 4. The number of carbonyl (C=O) groups is 6. The Bertz CT molecular complexity index is 2500. The van der Waals surface area contributed by atoms with Gasteiger partial charge in [-0.2, -0.15) is 0 Å². The Morgan fingerprint density at radius 1 is 0.474 bits per heavy atom. The van der Waals surface area contributed by atoms with E-state index in [0.29, 0.717) is 0 Å². The summed E-state index contributed by atoms with van der Waals surface area (Å²) < 4.78 is 9.69. The molecule has 8 aliphatic rings. The minimum absolute atomic E-state index is 0.0194. The number of para-hydroxylation sites is 3. The summed E-state index contributed by atoms with van der Waals surface area (Å²) in [4.78, 5) is 87.4. The van der Waals surface area contributed by atoms with Gasteiger partial charge in [0.1, 0.15) is 0 Å². The van der Waals surface area contributed by atoms with Crippen molar-refractivity contribution in [1.29, 1.82) is 0 Å². The Morgan fingerprint density at radius 2 is 0.795 bits per heavy atom. The summed E-state index contributed by atoms with van der Waals surface area (Å²) in [5.74, 6) is -0.605. The molecule has 2 saturated carbocycles. The highest BCUT2D eigenvalue weighted by Crippen LogP contribution is 2.49. The molecule has 3 aromatic rings. The zero-order valence-electron chi connectivity index (χ0n) is 47.5. The Morgan fingerprint density at radius 3 is 1.13 bits per heavy atom. The van der Waals surface area contributed by atoms with Gasteiger partial charge in [-0.05, 0) is 133 Å². The zero-order valence-corrected chi connectivity index (χ0v) is 47.5. The second-order valence-electron chi connectivity index (χ2n) is 24.0. The van der Waals surface area contributed by atoms with E-state index in [-0.39, 0.29) is 73.0 Å². The van der Waals surface area contributed by atoms with E-state index in [1.165, 1.54) is 78.4 Å². The Labute approximate surface area is 463 Å². The van der Waals surface area contributed by atoms with E-state index in [1.54, 1.807) is 7.05 Å². The van der Waals surface area contributed by atoms with Gasteiger partial charge in [0.05, 0.1) is 43.3 Å². The molecule has 78 heavy (non-hydrogen) atoms. The van der Waals surface area contributed by atoms with Crippen molar-refractivity contribution in [2.75, 3.05) is 75.2 Å². The average molecular weight is 1070 g/mol. The van der Waals surface area contributed by atoms with Crippen LogP contribution < -0.4 is 25.3 Å². The predicted molar refractivity (Wildman–Crippen MR) is 305 cm³/mol. The highest BCUT2D eigenvalue weighted by molar-refractivity contribution is 6.12. The van der Waals surface area contributed by atoms with Crippen LogP contribution in [-0.4, -0.2) is 136 Å². The summed E-state index contributed by atoms with van der Waals surface area (Å²) in [6.07, 6.45) is 19.8. The fourth-order valence-corrected chi connectivity index (χ4v) is 14.6. The summed E-state index contributed by atoms with van der Waals surface area (Å²) >= 11 is 0. The molecule has 2 aliphatic carbocycles. The third-order valence-corrected chi connectivity index (χ3v) is 19.2. The van der Waals surface area contributed by atoms with Crippen LogP contribution in [0.1, 0.15) is 159 Å². The van der Waals surface area contributed by atoms with Crippen LogP contribution in [0.4, 0.5) is 17.1 Å². The summed E-state index contributed by atoms with van der Waals surface area (Å²) in [5.41, 5.74) is 3.41. The lowest BCUT2D eigenvalue weighted by Crippen LogP contribution is -2.51. The number of esters is 2. The standard InChI is InChI=1S/C23H33N3O2.C23H32N2O3.C17H22N2O3/c1-23(16-21(27)24-2)19-10-6-7-11-20(19)26(22(23)28)18-12-14-25(15-13-18)17-8-4-3-5-9-17;1-23(16-21(26)28-2)19-10-6-7-11-20(19)25(22(23)27)18-12-14-24(15-13-18)17-8-4-3-5-9-17;1-17(11-15(20)22-2)13-5-3-4-6-14(13)19(16(17)21)12-7-9-18-10-8-12/h6-7,10-11,17-18H,3-5,8-9,12-16H2,1-2H3,(H,24,27);6-7,10-11,17-18H,3-5,8-9,12-16H2,1-2H3;3-6,12,18H,7-11H2,1-2H3. The van der Waals surface area contributed by atoms with Gasteiger partial charge in [-0.1, -0.05) is 93.1 Å². The lowest BCUT2D eigenvalue weighted by Gasteiger charge is -2.42. The van der Waals surface area contributed by atoms with Crippen LogP contribution in [0.15, 0.2) is 72.8 Å². The molecular formula is C63H87N7O8. The first-order valence-electron chi connectivity index (χ1n) is 29.5. The zero-order chi connectivity index (χ0) is 55.2. The number of rotatable bonds is 11. The summed E-state index contributed by atoms with van der Waals surface area (Å²) in [5, 5.41) is 6.02. The molecule has 0 spiro atoms. The van der Waals surface area contributed by atoms with Crippen LogP contribution in [0, 0.1) is 0 Å². The van der Waals surface area contributed by atoms with Crippen molar-refractivity contribution in [1.82, 2.24) is 20.4 Å². The molecule has 3 unspecified atom stereocenters. The minimum Gasteiger partial charge on any atom is -0.469 e. The molecule has 15 heteroatoms. The molecule has 6 aliphatic heterocycles. The number of nitrogens with one attached hydrogen (secondary N) is 2. The summed E-state index contributed by atoms with van der Waals surface area (Å²) in [6.45, 7) is 11.8. The number of hydrogen-bond donors (Lipinski definition) is 2. The average Bonchev–Trinajstić information content (AvgIpc) is 4.20. The number of anilines is 3. The quantitative estimate of drug-likeness (QED) is 0.177. The van der Waals surface area contributed by atoms with Crippen molar-refractivity contribution in [2.24, 2.45) is 0 Å². The fourth-order valence-electron chi connectivity index (χ4n) is 14.6. The molecule has 3 aromatic carbocycles. The van der Waals surface area contributed by atoms with E-state index in [0.717, 1.165) is 124 Å². The first kappa shape index (κ1) is 57.1. The molecule has 3 atom stereocenters. The molecule has 2 N–H and O–H groups in total. The van der Waals surface area contributed by atoms with Crippen LogP contribution in [0.5, 0.6) is 0 Å². The van der Waals surface area contributed by atoms with Crippen LogP contribution in [-0.2, 0) is 54.5 Å². The van der Waals surface area contributed by atoms with E-state index in [2.05, 4.69) is 26.5 Å². The molecule has 5 fully saturated rings. The summed E-state index contributed by atoms with van der Waals surface area (Å²) in [6, 6.07) is 26.0. The van der Waals surface area contributed by atoms with Crippen LogP contribution in [0.3, 0.4) is 0 Å². The van der Waals surface area contributed by atoms with Gasteiger partial charge >= 0.3 is 11.9 Å². The number of nitrogens with zero attached hydrogens (tertiary/aromatic N) is 5. The maximum atomic E-state index is 13.6. The van der Waals surface area contributed by atoms with Crippen molar-refractivity contribution >= 4 is 52.6 Å². The van der Waals surface area contributed by atoms with Gasteiger partial charge in [-0.3, -0.25) is 28.8 Å². The van der Waals surface area contributed by atoms with Gasteiger partial charge in [0.2, 0.25) is 23.6 Å². The second-order valence-corrected chi connectivity index (χ2v) is 24.0. The Balaban J connectivity index is 0.000000143. The molecular weight excluding hydrogens is 983 g/mol. The SMILES string of the molecule is CNC(=O)CC1(C)C(=O)N(C2CCN(C3CCCCC3)CC2)c2ccccc21.COC(=O)CC1(C)C(=O)N(C2CCN(C3CCCCC3)CC2)c2ccccc21.COC(=O)CC1(C)C(=O)N(C2CCNCC2)c2ccccc21. The smallest absolute Gasteiger partial charge is 0.306 e. The molecule has 0 bridgehead atoms. The van der Waals surface area contributed by atoms with Gasteiger partial charge < -0.3 is 44.6 Å². The highest BCUT2D eigenvalue weighted by Gasteiger charge is 2.53. The van der Waals surface area contributed by atoms with Crippen molar-refractivity contribution in [3.8, 4) is 0 Å². The monoisotopic (exact) mass is 1070 g/mol. The number of hydrogen-bond acceptors (Lipinski definition) is 11. The van der Waals surface area contributed by atoms with Crippen molar-refractivity contribution in [3.05, 3.63) is 89.5 Å². The number of ether oxygens (including phenoxy) is 2. The van der Waals surface area contributed by atoms with E-state index >= 15 is 0 Å². The van der Waals surface area contributed by atoms with Crippen LogP contribution in [0.25, 0.3) is 0 Å². The van der Waals surface area contributed by atoms with Gasteiger partial charge in [0.15, 0.2) is 0 Å². The topological polar surface area (TPSA) is 161 Å². The minimum atomic E-state index is -0.829. The maximum Gasteiger partial charge on any atom is 0.306 e. The molecule has 422 valence electrons. The molecule has 6 heterocycles. The fraction of sp³-hybridized carbons (Fsp3) is 0.619.